The molecule has 1 N–H and O–H groups in total. The summed E-state index contributed by atoms with van der Waals surface area (Å²) >= 11 is 7.79. The van der Waals surface area contributed by atoms with Crippen molar-refractivity contribution in [2.75, 3.05) is 39.1 Å². The van der Waals surface area contributed by atoms with E-state index in [0.717, 1.165) is 43.6 Å². The Kier molecular flexibility index (Phi) is 7.27. The molecule has 0 aliphatic carbocycles. The number of benzene rings is 2. The summed E-state index contributed by atoms with van der Waals surface area (Å²) in [5, 5.41) is 4.06. The summed E-state index contributed by atoms with van der Waals surface area (Å²) in [4.78, 5) is 36.2. The molecule has 9 heteroatoms. The molecule has 188 valence electrons. The Hall–Kier alpha value is -2.94. The number of rotatable bonds is 5. The van der Waals surface area contributed by atoms with Crippen molar-refractivity contribution in [1.82, 2.24) is 14.8 Å². The maximum atomic E-state index is 13.2. The number of nitrogens with zero attached hydrogens (tertiary/aromatic N) is 3. The van der Waals surface area contributed by atoms with Crippen LogP contribution in [-0.2, 0) is 13.0 Å². The molecule has 2 aliphatic heterocycles. The van der Waals surface area contributed by atoms with Gasteiger partial charge in [0.05, 0.1) is 17.8 Å². The second-order valence-corrected chi connectivity index (χ2v) is 10.9. The van der Waals surface area contributed by atoms with Crippen molar-refractivity contribution >= 4 is 39.9 Å². The number of methoxy groups -OCH3 is 1. The Morgan fingerprint density at radius 2 is 2.03 bits per heavy atom. The molecule has 3 heterocycles. The van der Waals surface area contributed by atoms with E-state index >= 15 is 0 Å². The van der Waals surface area contributed by atoms with E-state index in [1.807, 2.05) is 29.2 Å². The molecule has 2 aromatic carbocycles. The second-order valence-electron chi connectivity index (χ2n) is 9.40. The van der Waals surface area contributed by atoms with Crippen LogP contribution in [0.4, 0.5) is 5.13 Å². The Morgan fingerprint density at radius 3 is 2.83 bits per heavy atom. The number of thiazole rings is 1. The van der Waals surface area contributed by atoms with E-state index in [4.69, 9.17) is 16.3 Å². The summed E-state index contributed by atoms with van der Waals surface area (Å²) in [5.41, 5.74) is 3.30. The maximum absolute atomic E-state index is 13.2. The lowest BCUT2D eigenvalue weighted by Crippen LogP contribution is -2.39. The number of hydrogen-bond donors (Lipinski definition) is 1. The molecule has 2 amide bonds. The predicted octanol–water partition coefficient (Wildman–Crippen LogP) is 5.07. The molecule has 1 aromatic heterocycles. The number of carbonyl (C=O) groups excluding carboxylic acids is 2. The van der Waals surface area contributed by atoms with Gasteiger partial charge >= 0.3 is 0 Å². The van der Waals surface area contributed by atoms with E-state index in [0.29, 0.717) is 40.1 Å². The number of likely N-dealkylation sites (tertiary alicyclic amines) is 1. The van der Waals surface area contributed by atoms with Crippen LogP contribution in [0.25, 0.3) is 0 Å². The van der Waals surface area contributed by atoms with Gasteiger partial charge in [-0.15, -0.1) is 11.3 Å². The summed E-state index contributed by atoms with van der Waals surface area (Å²) in [6.07, 6.45) is 2.77. The van der Waals surface area contributed by atoms with Gasteiger partial charge in [0.1, 0.15) is 5.75 Å². The summed E-state index contributed by atoms with van der Waals surface area (Å²) in [5.74, 6) is 0.501. The van der Waals surface area contributed by atoms with Gasteiger partial charge in [0.2, 0.25) is 0 Å². The molecule has 5 rings (SSSR count). The number of piperidine rings is 1. The maximum Gasteiger partial charge on any atom is 0.257 e. The van der Waals surface area contributed by atoms with E-state index < -0.39 is 0 Å². The molecule has 3 aromatic rings. The molecule has 7 nitrogen and oxygen atoms in total. The third-order valence-electron chi connectivity index (χ3n) is 6.87. The van der Waals surface area contributed by atoms with Crippen LogP contribution in [0.15, 0.2) is 42.5 Å². The monoisotopic (exact) mass is 524 g/mol. The van der Waals surface area contributed by atoms with Crippen LogP contribution in [0.2, 0.25) is 5.02 Å². The van der Waals surface area contributed by atoms with Gasteiger partial charge in [0, 0.05) is 54.5 Å². The standard InChI is InChI=1S/C27H29ClN4O3S/c1-31-12-10-22-24(16-31)36-27(29-22)30-25(33)18-6-3-5-17(13-18)20-7-4-11-32(15-20)26(34)19-8-9-23(35-2)21(28)14-19/h3,5-6,8-9,13-14,20H,4,7,10-12,15-16H2,1-2H3,(H,29,30,33). The number of anilines is 1. The van der Waals surface area contributed by atoms with Crippen molar-refractivity contribution in [2.24, 2.45) is 0 Å². The highest BCUT2D eigenvalue weighted by Crippen LogP contribution is 2.31. The number of fused-ring (bicyclic) bond motifs is 1. The second kappa shape index (κ2) is 10.6. The van der Waals surface area contributed by atoms with Gasteiger partial charge in [-0.05, 0) is 55.8 Å². The first-order valence-electron chi connectivity index (χ1n) is 12.1. The lowest BCUT2D eigenvalue weighted by molar-refractivity contribution is 0.0706. The van der Waals surface area contributed by atoms with Crippen LogP contribution in [0.5, 0.6) is 5.75 Å². The Labute approximate surface area is 220 Å². The molecule has 0 bridgehead atoms. The molecule has 1 fully saturated rings. The van der Waals surface area contributed by atoms with Gasteiger partial charge < -0.3 is 14.5 Å². The lowest BCUT2D eigenvalue weighted by Gasteiger charge is -2.33. The molecular weight excluding hydrogens is 496 g/mol. The zero-order valence-corrected chi connectivity index (χ0v) is 22.0. The fourth-order valence-electron chi connectivity index (χ4n) is 4.90. The summed E-state index contributed by atoms with van der Waals surface area (Å²) in [6.45, 7) is 3.15. The van der Waals surface area contributed by atoms with Gasteiger partial charge in [-0.3, -0.25) is 14.9 Å². The quantitative estimate of drug-likeness (QED) is 0.504. The summed E-state index contributed by atoms with van der Waals surface area (Å²) in [7, 11) is 3.65. The van der Waals surface area contributed by atoms with Crippen LogP contribution in [0.3, 0.4) is 0 Å². The Balaban J connectivity index is 1.27. The van der Waals surface area contributed by atoms with Crippen molar-refractivity contribution < 1.29 is 14.3 Å². The van der Waals surface area contributed by atoms with Crippen LogP contribution < -0.4 is 10.1 Å². The normalized spacial score (nSPS) is 18.0. The molecule has 0 saturated carbocycles. The van der Waals surface area contributed by atoms with Crippen molar-refractivity contribution in [3.63, 3.8) is 0 Å². The highest BCUT2D eigenvalue weighted by molar-refractivity contribution is 7.15. The van der Waals surface area contributed by atoms with Gasteiger partial charge in [0.15, 0.2) is 5.13 Å². The van der Waals surface area contributed by atoms with Gasteiger partial charge in [-0.2, -0.15) is 0 Å². The molecule has 36 heavy (non-hydrogen) atoms. The highest BCUT2D eigenvalue weighted by Gasteiger charge is 2.27. The summed E-state index contributed by atoms with van der Waals surface area (Å²) < 4.78 is 5.20. The number of carbonyl (C=O) groups is 2. The van der Waals surface area contributed by atoms with Gasteiger partial charge in [-0.1, -0.05) is 23.7 Å². The first-order chi connectivity index (χ1) is 17.4. The predicted molar refractivity (Wildman–Crippen MR) is 142 cm³/mol. The van der Waals surface area contributed by atoms with Crippen LogP contribution in [-0.4, -0.2) is 60.4 Å². The fourth-order valence-corrected chi connectivity index (χ4v) is 6.24. The minimum atomic E-state index is -0.159. The van der Waals surface area contributed by atoms with E-state index in [2.05, 4.69) is 22.2 Å². The van der Waals surface area contributed by atoms with Gasteiger partial charge in [0.25, 0.3) is 11.8 Å². The first-order valence-corrected chi connectivity index (χ1v) is 13.3. The number of nitrogens with one attached hydrogen (secondary N) is 1. The minimum absolute atomic E-state index is 0.0449. The zero-order valence-electron chi connectivity index (χ0n) is 20.4. The van der Waals surface area contributed by atoms with Crippen molar-refractivity contribution in [3.05, 3.63) is 74.7 Å². The lowest BCUT2D eigenvalue weighted by atomic mass is 9.89. The van der Waals surface area contributed by atoms with Crippen LogP contribution >= 0.6 is 22.9 Å². The number of aromatic nitrogens is 1. The molecule has 0 spiro atoms. The van der Waals surface area contributed by atoms with E-state index in [1.54, 1.807) is 36.6 Å². The zero-order chi connectivity index (χ0) is 25.2. The summed E-state index contributed by atoms with van der Waals surface area (Å²) in [6, 6.07) is 12.8. The minimum Gasteiger partial charge on any atom is -0.495 e. The van der Waals surface area contributed by atoms with E-state index in [1.165, 1.54) is 4.88 Å². The number of hydrogen-bond acceptors (Lipinski definition) is 6. The fraction of sp³-hybridized carbons (Fsp3) is 0.370. The third-order valence-corrected chi connectivity index (χ3v) is 8.16. The van der Waals surface area contributed by atoms with Crippen molar-refractivity contribution in [1.29, 1.82) is 0 Å². The third kappa shape index (κ3) is 5.26. The molecular formula is C27H29ClN4O3S. The van der Waals surface area contributed by atoms with Crippen molar-refractivity contribution in [2.45, 2.75) is 31.7 Å². The molecule has 1 atom stereocenters. The SMILES string of the molecule is COc1ccc(C(=O)N2CCCC(c3cccc(C(=O)Nc4nc5c(s4)CN(C)CC5)c3)C2)cc1Cl. The van der Waals surface area contributed by atoms with E-state index in [9.17, 15) is 9.59 Å². The first kappa shape index (κ1) is 24.7. The molecule has 1 unspecified atom stereocenters. The topological polar surface area (TPSA) is 74.8 Å². The molecule has 0 radical (unpaired) electrons. The molecule has 1 saturated heterocycles. The van der Waals surface area contributed by atoms with Crippen LogP contribution in [0.1, 0.15) is 55.6 Å². The average Bonchev–Trinajstić information content (AvgIpc) is 3.29. The largest absolute Gasteiger partial charge is 0.495 e. The van der Waals surface area contributed by atoms with Crippen LogP contribution in [0, 0.1) is 0 Å². The van der Waals surface area contributed by atoms with Crippen molar-refractivity contribution in [3.8, 4) is 5.75 Å². The highest BCUT2D eigenvalue weighted by atomic mass is 35.5. The number of halogens is 1. The Morgan fingerprint density at radius 1 is 1.17 bits per heavy atom. The van der Waals surface area contributed by atoms with E-state index in [-0.39, 0.29) is 17.7 Å². The van der Waals surface area contributed by atoms with Gasteiger partial charge in [-0.25, -0.2) is 4.98 Å². The number of likely N-dealkylation sites (N-methyl/N-ethyl adjacent to an activating group) is 1. The smallest absolute Gasteiger partial charge is 0.257 e. The number of ether oxygens (including phenoxy) is 1. The Bertz CT molecular complexity index is 1290. The average molecular weight is 525 g/mol. The number of amides is 2. The molecule has 2 aliphatic rings.